The molecule has 2 heterocycles. The van der Waals surface area contributed by atoms with Crippen LogP contribution in [0.15, 0.2) is 36.7 Å². The number of rotatable bonds is 12. The van der Waals surface area contributed by atoms with Gasteiger partial charge in [0.05, 0.1) is 17.7 Å². The van der Waals surface area contributed by atoms with Crippen LogP contribution >= 0.6 is 0 Å². The Bertz CT molecular complexity index is 1350. The lowest BCUT2D eigenvalue weighted by molar-refractivity contribution is -0.130. The van der Waals surface area contributed by atoms with Crippen LogP contribution in [0.2, 0.25) is 0 Å². The summed E-state index contributed by atoms with van der Waals surface area (Å²) in [4.78, 5) is 59.8. The van der Waals surface area contributed by atoms with Crippen molar-refractivity contribution in [1.82, 2.24) is 25.9 Å². The fourth-order valence-corrected chi connectivity index (χ4v) is 5.24. The molecule has 0 bridgehead atoms. The highest BCUT2D eigenvalue weighted by molar-refractivity contribution is 5.96. The Morgan fingerprint density at radius 2 is 1.80 bits per heavy atom. The molecule has 1 aromatic heterocycles. The highest BCUT2D eigenvalue weighted by Gasteiger charge is 2.40. The zero-order valence-corrected chi connectivity index (χ0v) is 23.0. The third kappa shape index (κ3) is 7.84. The average Bonchev–Trinajstić information content (AvgIpc) is 3.70. The molecule has 1 aliphatic heterocycles. The van der Waals surface area contributed by atoms with Crippen LogP contribution in [-0.4, -0.2) is 51.2 Å². The molecule has 2 aromatic rings. The zero-order valence-electron chi connectivity index (χ0n) is 23.0. The van der Waals surface area contributed by atoms with E-state index in [1.807, 2.05) is 13.8 Å². The molecule has 1 aromatic carbocycles. The molecule has 2 fully saturated rings. The summed E-state index contributed by atoms with van der Waals surface area (Å²) in [5.41, 5.74) is 5.57. The number of nitriles is 1. The van der Waals surface area contributed by atoms with Crippen molar-refractivity contribution in [2.24, 2.45) is 17.6 Å². The summed E-state index contributed by atoms with van der Waals surface area (Å²) >= 11 is 0. The fourth-order valence-electron chi connectivity index (χ4n) is 5.24. The van der Waals surface area contributed by atoms with Crippen molar-refractivity contribution in [2.45, 2.75) is 75.9 Å². The molecule has 4 rings (SSSR count). The van der Waals surface area contributed by atoms with Crippen LogP contribution in [0.1, 0.15) is 73.6 Å². The number of benzene rings is 1. The van der Waals surface area contributed by atoms with Crippen LogP contribution in [0.3, 0.4) is 0 Å². The van der Waals surface area contributed by atoms with E-state index in [1.165, 1.54) is 36.7 Å². The molecule has 5 N–H and O–H groups in total. The summed E-state index contributed by atoms with van der Waals surface area (Å²) < 4.78 is 13.5. The second-order valence-electron chi connectivity index (χ2n) is 11.5. The van der Waals surface area contributed by atoms with Gasteiger partial charge in [-0.15, -0.1) is 0 Å². The number of carbonyl (C=O) groups excluding carboxylic acids is 4. The lowest BCUT2D eigenvalue weighted by Crippen LogP contribution is -2.51. The van der Waals surface area contributed by atoms with E-state index in [-0.39, 0.29) is 36.1 Å². The fraction of sp³-hybridized carbons (Fsp3) is 0.483. The molecule has 1 aliphatic carbocycles. The number of hydrogen-bond donors (Lipinski definition) is 4. The summed E-state index contributed by atoms with van der Waals surface area (Å²) in [7, 11) is 0. The van der Waals surface area contributed by atoms with Crippen molar-refractivity contribution >= 4 is 23.6 Å². The van der Waals surface area contributed by atoms with Crippen LogP contribution in [0, 0.1) is 29.0 Å². The Morgan fingerprint density at radius 1 is 1.12 bits per heavy atom. The molecule has 2 aliphatic rings. The molecule has 1 saturated carbocycles. The summed E-state index contributed by atoms with van der Waals surface area (Å²) in [5.74, 6) is -3.86. The third-order valence-electron chi connectivity index (χ3n) is 7.44. The van der Waals surface area contributed by atoms with Crippen molar-refractivity contribution in [3.8, 4) is 6.07 Å². The minimum Gasteiger partial charge on any atom is -0.364 e. The number of carbonyl (C=O) groups is 4. The maximum Gasteiger partial charge on any atom is 0.269 e. The Labute approximate surface area is 237 Å². The lowest BCUT2D eigenvalue weighted by Gasteiger charge is -2.24. The number of hydrogen-bond acceptors (Lipinski definition) is 7. The van der Waals surface area contributed by atoms with Gasteiger partial charge < -0.3 is 21.7 Å². The van der Waals surface area contributed by atoms with Crippen molar-refractivity contribution in [2.75, 3.05) is 0 Å². The molecule has 216 valence electrons. The first-order chi connectivity index (χ1) is 19.5. The van der Waals surface area contributed by atoms with E-state index in [0.29, 0.717) is 18.4 Å². The average molecular weight is 564 g/mol. The highest BCUT2D eigenvalue weighted by Crippen LogP contribution is 2.34. The number of halogens is 1. The normalized spacial score (nSPS) is 19.8. The largest absolute Gasteiger partial charge is 0.364 e. The van der Waals surface area contributed by atoms with E-state index in [9.17, 15) is 28.8 Å². The molecule has 41 heavy (non-hydrogen) atoms. The minimum atomic E-state index is -1.07. The van der Waals surface area contributed by atoms with Gasteiger partial charge >= 0.3 is 0 Å². The predicted octanol–water partition coefficient (Wildman–Crippen LogP) is 1.64. The van der Waals surface area contributed by atoms with Gasteiger partial charge in [0.25, 0.3) is 5.91 Å². The van der Waals surface area contributed by atoms with E-state index < -0.39 is 53.0 Å². The van der Waals surface area contributed by atoms with Gasteiger partial charge in [-0.25, -0.2) is 9.37 Å². The smallest absolute Gasteiger partial charge is 0.269 e. The van der Waals surface area contributed by atoms with Gasteiger partial charge in [-0.1, -0.05) is 25.0 Å². The summed E-state index contributed by atoms with van der Waals surface area (Å²) in [6.45, 7) is 3.80. The van der Waals surface area contributed by atoms with Crippen molar-refractivity contribution in [1.29, 1.82) is 5.26 Å². The predicted molar refractivity (Wildman–Crippen MR) is 145 cm³/mol. The Morgan fingerprint density at radius 3 is 2.39 bits per heavy atom. The number of nitrogens with zero attached hydrogens (tertiary/aromatic N) is 3. The van der Waals surface area contributed by atoms with Crippen molar-refractivity contribution in [3.63, 3.8) is 0 Å². The Kier molecular flexibility index (Phi) is 8.95. The van der Waals surface area contributed by atoms with Gasteiger partial charge in [0.15, 0.2) is 0 Å². The number of nitrogens with two attached hydrogens (primary N) is 1. The van der Waals surface area contributed by atoms with Gasteiger partial charge in [-0.3, -0.25) is 24.2 Å². The molecular weight excluding hydrogens is 529 g/mol. The van der Waals surface area contributed by atoms with E-state index in [4.69, 9.17) is 5.73 Å². The first-order valence-electron chi connectivity index (χ1n) is 13.6. The molecular formula is C29H34FN7O4. The first kappa shape index (κ1) is 29.6. The highest BCUT2D eigenvalue weighted by atomic mass is 19.1. The Hall–Kier alpha value is -4.40. The first-order valence-corrected chi connectivity index (χ1v) is 13.6. The zero-order chi connectivity index (χ0) is 29.7. The van der Waals surface area contributed by atoms with Gasteiger partial charge in [0.1, 0.15) is 23.6 Å². The van der Waals surface area contributed by atoms with Crippen LogP contribution in [-0.2, 0) is 20.8 Å². The van der Waals surface area contributed by atoms with Crippen LogP contribution in [0.5, 0.6) is 0 Å². The second kappa shape index (κ2) is 12.4. The van der Waals surface area contributed by atoms with Gasteiger partial charge in [-0.2, -0.15) is 5.26 Å². The van der Waals surface area contributed by atoms with E-state index in [2.05, 4.69) is 32.0 Å². The lowest BCUT2D eigenvalue weighted by atomic mass is 9.91. The Balaban J connectivity index is 1.54. The number of amides is 4. The van der Waals surface area contributed by atoms with E-state index >= 15 is 0 Å². The van der Waals surface area contributed by atoms with E-state index in [0.717, 1.165) is 12.8 Å². The molecule has 1 saturated heterocycles. The molecule has 0 radical (unpaired) electrons. The standard InChI is InChI=1S/C29H34FN7O4/c1-29(2)14-18(26(39)37-29)13-20(15-31)35-28(41)22(12-17-3-4-17)36-27(40)21(11-16-5-7-19(30)8-6-16)23-24(25(32)38)34-10-9-33-23/h5-10,17-18,20-22H,3-4,11-14H2,1-2H3,(H2,32,38)(H,35,41)(H,36,40)(H,37,39)/t18-,20+,21+,22+/m1/s1. The molecule has 4 atom stereocenters. The maximum atomic E-state index is 13.8. The number of aromatic nitrogens is 2. The minimum absolute atomic E-state index is 0.0379. The SMILES string of the molecule is CC1(C)C[C@@H](C[C@@H](C#N)NC(=O)[C@H](CC2CC2)NC(=O)[C@@H](Cc2ccc(F)cc2)c2nccnc2C(N)=O)C(=O)N1. The monoisotopic (exact) mass is 563 g/mol. The molecule has 4 amide bonds. The topological polar surface area (TPSA) is 180 Å². The summed E-state index contributed by atoms with van der Waals surface area (Å²) in [5, 5.41) is 18.1. The van der Waals surface area contributed by atoms with Gasteiger partial charge in [-0.05, 0) is 63.1 Å². The second-order valence-corrected chi connectivity index (χ2v) is 11.5. The van der Waals surface area contributed by atoms with Crippen LogP contribution in [0.25, 0.3) is 0 Å². The molecule has 12 heteroatoms. The molecule has 0 spiro atoms. The maximum absolute atomic E-state index is 13.8. The van der Waals surface area contributed by atoms with Crippen molar-refractivity contribution in [3.05, 3.63) is 59.4 Å². The quantitative estimate of drug-likeness (QED) is 0.303. The summed E-state index contributed by atoms with van der Waals surface area (Å²) in [6.07, 6.45) is 5.52. The van der Waals surface area contributed by atoms with E-state index in [1.54, 1.807) is 0 Å². The van der Waals surface area contributed by atoms with Gasteiger partial charge in [0, 0.05) is 23.9 Å². The molecule has 0 unspecified atom stereocenters. The molecule has 11 nitrogen and oxygen atoms in total. The van der Waals surface area contributed by atoms with Crippen LogP contribution in [0.4, 0.5) is 4.39 Å². The van der Waals surface area contributed by atoms with Crippen molar-refractivity contribution < 1.29 is 23.6 Å². The number of primary amides is 1. The van der Waals surface area contributed by atoms with Gasteiger partial charge in [0.2, 0.25) is 17.7 Å². The van der Waals surface area contributed by atoms with Crippen LogP contribution < -0.4 is 21.7 Å². The number of nitrogens with one attached hydrogen (secondary N) is 3. The third-order valence-corrected chi connectivity index (χ3v) is 7.44. The summed E-state index contributed by atoms with van der Waals surface area (Å²) in [6, 6.07) is 5.72.